The molecule has 0 spiro atoms. The Labute approximate surface area is 159 Å². The monoisotopic (exact) mass is 371 g/mol. The summed E-state index contributed by atoms with van der Waals surface area (Å²) in [5.74, 6) is 0.0309. The lowest BCUT2D eigenvalue weighted by atomic mass is 10.1. The highest BCUT2D eigenvalue weighted by Crippen LogP contribution is 2.29. The van der Waals surface area contributed by atoms with E-state index in [2.05, 4.69) is 10.6 Å². The fraction of sp³-hybridized carbons (Fsp3) is 0.300. The van der Waals surface area contributed by atoms with Gasteiger partial charge in [-0.15, -0.1) is 0 Å². The summed E-state index contributed by atoms with van der Waals surface area (Å²) in [6.45, 7) is 3.62. The number of phenolic OH excluding ortho intramolecular Hbond substituents is 1. The van der Waals surface area contributed by atoms with Crippen LogP contribution in [0.5, 0.6) is 5.75 Å². The maximum absolute atomic E-state index is 12.2. The number of rotatable bonds is 7. The molecule has 1 aliphatic heterocycles. The Morgan fingerprint density at radius 3 is 2.59 bits per heavy atom. The summed E-state index contributed by atoms with van der Waals surface area (Å²) in [5.41, 5.74) is 1.34. The third kappa shape index (κ3) is 5.13. The van der Waals surface area contributed by atoms with Crippen LogP contribution in [0, 0.1) is 0 Å². The topological polar surface area (TPSA) is 90.9 Å². The van der Waals surface area contributed by atoms with Crippen LogP contribution in [-0.2, 0) is 9.53 Å². The highest BCUT2D eigenvalue weighted by molar-refractivity contribution is 6.00. The molecule has 144 valence electrons. The Morgan fingerprint density at radius 2 is 2.00 bits per heavy atom. The molecule has 0 fully saturated rings. The van der Waals surface area contributed by atoms with Crippen molar-refractivity contribution in [3.8, 4) is 5.75 Å². The SMILES string of the molecule is CC(=O)/C(Nc1cccc(C(=O)N(C)C)c1O)=C(\C)NCC1=CCC=CO1. The Morgan fingerprint density at radius 1 is 1.26 bits per heavy atom. The quantitative estimate of drug-likeness (QED) is 0.504. The summed E-state index contributed by atoms with van der Waals surface area (Å²) >= 11 is 0. The Hall–Kier alpha value is -3.22. The molecule has 2 rings (SSSR count). The molecule has 1 aromatic carbocycles. The third-order valence-electron chi connectivity index (χ3n) is 3.98. The summed E-state index contributed by atoms with van der Waals surface area (Å²) in [6, 6.07) is 4.79. The maximum Gasteiger partial charge on any atom is 0.257 e. The first-order chi connectivity index (χ1) is 12.8. The van der Waals surface area contributed by atoms with Gasteiger partial charge in [0.15, 0.2) is 11.5 Å². The first-order valence-electron chi connectivity index (χ1n) is 8.58. The summed E-state index contributed by atoms with van der Waals surface area (Å²) in [6.07, 6.45) is 6.28. The molecule has 27 heavy (non-hydrogen) atoms. The number of para-hydroxylation sites is 1. The van der Waals surface area contributed by atoms with Gasteiger partial charge in [-0.2, -0.15) is 0 Å². The second-order valence-electron chi connectivity index (χ2n) is 6.33. The van der Waals surface area contributed by atoms with E-state index < -0.39 is 0 Å². The van der Waals surface area contributed by atoms with Crippen molar-refractivity contribution in [2.75, 3.05) is 26.0 Å². The molecule has 1 amide bonds. The fourth-order valence-electron chi connectivity index (χ4n) is 2.50. The summed E-state index contributed by atoms with van der Waals surface area (Å²) in [5, 5.41) is 16.5. The van der Waals surface area contributed by atoms with Gasteiger partial charge in [0, 0.05) is 26.7 Å². The van der Waals surface area contributed by atoms with E-state index in [1.165, 1.54) is 17.9 Å². The molecule has 0 saturated heterocycles. The van der Waals surface area contributed by atoms with E-state index in [0.717, 1.165) is 12.2 Å². The summed E-state index contributed by atoms with van der Waals surface area (Å²) < 4.78 is 5.38. The van der Waals surface area contributed by atoms with Crippen molar-refractivity contribution in [3.63, 3.8) is 0 Å². The van der Waals surface area contributed by atoms with Gasteiger partial charge in [-0.3, -0.25) is 9.59 Å². The number of nitrogens with zero attached hydrogens (tertiary/aromatic N) is 1. The molecule has 7 nitrogen and oxygen atoms in total. The Bertz CT molecular complexity index is 823. The largest absolute Gasteiger partial charge is 0.505 e. The number of aromatic hydroxyl groups is 1. The second kappa shape index (κ2) is 8.93. The standard InChI is InChI=1S/C20H25N3O4/c1-13(21-12-15-8-5-6-11-27-15)18(14(2)24)22-17-10-7-9-16(19(17)25)20(26)23(3)4/h6-11,21-22,25H,5,12H2,1-4H3/b18-13-. The van der Waals surface area contributed by atoms with Crippen molar-refractivity contribution in [2.24, 2.45) is 0 Å². The zero-order chi connectivity index (χ0) is 20.0. The van der Waals surface area contributed by atoms with Gasteiger partial charge in [0.25, 0.3) is 5.91 Å². The van der Waals surface area contributed by atoms with E-state index in [-0.39, 0.29) is 28.7 Å². The lowest BCUT2D eigenvalue weighted by Crippen LogP contribution is -2.23. The van der Waals surface area contributed by atoms with Gasteiger partial charge in [-0.1, -0.05) is 6.07 Å². The number of hydrogen-bond acceptors (Lipinski definition) is 6. The number of nitrogens with one attached hydrogen (secondary N) is 2. The van der Waals surface area contributed by atoms with Gasteiger partial charge in [-0.05, 0) is 37.6 Å². The van der Waals surface area contributed by atoms with Crippen molar-refractivity contribution >= 4 is 17.4 Å². The van der Waals surface area contributed by atoms with Gasteiger partial charge in [0.1, 0.15) is 11.5 Å². The van der Waals surface area contributed by atoms with Gasteiger partial charge in [-0.25, -0.2) is 0 Å². The molecule has 1 aliphatic rings. The third-order valence-corrected chi connectivity index (χ3v) is 3.98. The lowest BCUT2D eigenvalue weighted by molar-refractivity contribution is -0.113. The number of phenols is 1. The number of allylic oxidation sites excluding steroid dienone is 4. The highest BCUT2D eigenvalue weighted by atomic mass is 16.5. The fourth-order valence-corrected chi connectivity index (χ4v) is 2.50. The van der Waals surface area contributed by atoms with Crippen molar-refractivity contribution in [1.82, 2.24) is 10.2 Å². The molecule has 0 radical (unpaired) electrons. The number of carbonyl (C=O) groups excluding carboxylic acids is 2. The van der Waals surface area contributed by atoms with Crippen LogP contribution in [0.25, 0.3) is 0 Å². The molecule has 0 saturated carbocycles. The molecule has 1 aromatic rings. The van der Waals surface area contributed by atoms with Gasteiger partial charge in [0.05, 0.1) is 24.1 Å². The predicted molar refractivity (Wildman–Crippen MR) is 104 cm³/mol. The minimum atomic E-state index is -0.325. The van der Waals surface area contributed by atoms with E-state index in [0.29, 0.717) is 17.9 Å². The van der Waals surface area contributed by atoms with Gasteiger partial charge < -0.3 is 25.4 Å². The van der Waals surface area contributed by atoms with Crippen LogP contribution in [0.4, 0.5) is 5.69 Å². The van der Waals surface area contributed by atoms with Gasteiger partial charge >= 0.3 is 0 Å². The molecular formula is C20H25N3O4. The zero-order valence-corrected chi connectivity index (χ0v) is 16.0. The van der Waals surface area contributed by atoms with E-state index >= 15 is 0 Å². The molecule has 1 heterocycles. The minimum absolute atomic E-state index is 0.158. The Kier molecular flexibility index (Phi) is 6.65. The number of carbonyl (C=O) groups is 2. The van der Waals surface area contributed by atoms with E-state index in [9.17, 15) is 14.7 Å². The molecule has 7 heteroatoms. The second-order valence-corrected chi connectivity index (χ2v) is 6.33. The molecule has 3 N–H and O–H groups in total. The van der Waals surface area contributed by atoms with Crippen LogP contribution in [0.1, 0.15) is 30.6 Å². The highest BCUT2D eigenvalue weighted by Gasteiger charge is 2.18. The average Bonchev–Trinajstić information content (AvgIpc) is 2.65. The average molecular weight is 371 g/mol. The van der Waals surface area contributed by atoms with E-state index in [1.54, 1.807) is 39.4 Å². The zero-order valence-electron chi connectivity index (χ0n) is 16.0. The smallest absolute Gasteiger partial charge is 0.257 e. The lowest BCUT2D eigenvalue weighted by Gasteiger charge is -2.18. The molecule has 0 unspecified atom stereocenters. The van der Waals surface area contributed by atoms with E-state index in [1.807, 2.05) is 12.2 Å². The number of amides is 1. The van der Waals surface area contributed by atoms with Crippen LogP contribution in [0.15, 0.2) is 53.8 Å². The number of Topliss-reactive ketones (excluding diaryl/α,β-unsaturated/α-hetero) is 1. The Balaban J connectivity index is 2.22. The number of ether oxygens (including phenoxy) is 1. The number of ketones is 1. The number of hydrogen-bond donors (Lipinski definition) is 3. The van der Waals surface area contributed by atoms with Crippen molar-refractivity contribution in [2.45, 2.75) is 20.3 Å². The normalized spacial score (nSPS) is 13.9. The molecule has 0 bridgehead atoms. The van der Waals surface area contributed by atoms with Crippen LogP contribution < -0.4 is 10.6 Å². The minimum Gasteiger partial charge on any atom is -0.505 e. The first-order valence-corrected chi connectivity index (χ1v) is 8.58. The van der Waals surface area contributed by atoms with Crippen molar-refractivity contribution in [1.29, 1.82) is 0 Å². The van der Waals surface area contributed by atoms with Crippen molar-refractivity contribution < 1.29 is 19.4 Å². The predicted octanol–water partition coefficient (Wildman–Crippen LogP) is 2.73. The summed E-state index contributed by atoms with van der Waals surface area (Å²) in [4.78, 5) is 25.6. The molecule has 0 aliphatic carbocycles. The van der Waals surface area contributed by atoms with E-state index in [4.69, 9.17) is 4.74 Å². The number of anilines is 1. The maximum atomic E-state index is 12.2. The number of benzene rings is 1. The van der Waals surface area contributed by atoms with Crippen LogP contribution >= 0.6 is 0 Å². The van der Waals surface area contributed by atoms with Crippen LogP contribution in [0.2, 0.25) is 0 Å². The van der Waals surface area contributed by atoms with Crippen LogP contribution in [0.3, 0.4) is 0 Å². The summed E-state index contributed by atoms with van der Waals surface area (Å²) in [7, 11) is 3.21. The molecule has 0 atom stereocenters. The van der Waals surface area contributed by atoms with Gasteiger partial charge in [0.2, 0.25) is 0 Å². The first kappa shape index (κ1) is 20.1. The van der Waals surface area contributed by atoms with Crippen LogP contribution in [-0.4, -0.2) is 42.3 Å². The molecule has 0 aromatic heterocycles. The molecular weight excluding hydrogens is 346 g/mol. The van der Waals surface area contributed by atoms with Crippen molar-refractivity contribution in [3.05, 3.63) is 59.3 Å².